The second-order valence-electron chi connectivity index (χ2n) is 7.24. The third kappa shape index (κ3) is 6.45. The number of benzene rings is 2. The van der Waals surface area contributed by atoms with Gasteiger partial charge in [-0.15, -0.1) is 0 Å². The van der Waals surface area contributed by atoms with E-state index in [2.05, 4.69) is 15.8 Å². The fourth-order valence-electron chi connectivity index (χ4n) is 3.34. The van der Waals surface area contributed by atoms with Gasteiger partial charge in [-0.2, -0.15) is 5.10 Å². The van der Waals surface area contributed by atoms with Crippen LogP contribution in [0, 0.1) is 5.92 Å². The molecule has 0 heterocycles. The van der Waals surface area contributed by atoms with E-state index in [1.807, 2.05) is 42.5 Å². The molecule has 0 aliphatic heterocycles. The summed E-state index contributed by atoms with van der Waals surface area (Å²) < 4.78 is 5.40. The highest BCUT2D eigenvalue weighted by Gasteiger charge is 2.21. The lowest BCUT2D eigenvalue weighted by molar-refractivity contribution is -0.123. The van der Waals surface area contributed by atoms with Crippen LogP contribution in [0.2, 0.25) is 0 Å². The Morgan fingerprint density at radius 2 is 1.79 bits per heavy atom. The molecule has 29 heavy (non-hydrogen) atoms. The third-order valence-corrected chi connectivity index (χ3v) is 4.99. The zero-order valence-electron chi connectivity index (χ0n) is 16.7. The summed E-state index contributed by atoms with van der Waals surface area (Å²) in [6.07, 6.45) is 5.39. The number of carbonyl (C=O) groups is 2. The summed E-state index contributed by atoms with van der Waals surface area (Å²) >= 11 is 0. The number of anilines is 1. The van der Waals surface area contributed by atoms with Crippen molar-refractivity contribution < 1.29 is 14.3 Å². The number of rotatable bonds is 7. The van der Waals surface area contributed by atoms with Crippen molar-refractivity contribution in [2.45, 2.75) is 39.0 Å². The van der Waals surface area contributed by atoms with E-state index in [9.17, 15) is 9.59 Å². The fraction of sp³-hybridized carbons (Fsp3) is 0.348. The van der Waals surface area contributed by atoms with Crippen molar-refractivity contribution in [3.05, 3.63) is 60.2 Å². The van der Waals surface area contributed by atoms with Crippen molar-refractivity contribution in [2.24, 2.45) is 11.0 Å². The quantitative estimate of drug-likeness (QED) is 0.548. The van der Waals surface area contributed by atoms with Gasteiger partial charge in [-0.3, -0.25) is 9.59 Å². The van der Waals surface area contributed by atoms with E-state index in [0.29, 0.717) is 11.5 Å². The minimum absolute atomic E-state index is 0.0859. The van der Waals surface area contributed by atoms with Gasteiger partial charge in [0.2, 0.25) is 5.91 Å². The molecule has 2 amide bonds. The number of nitrogens with one attached hydrogen (secondary N) is 2. The number of carbonyl (C=O) groups excluding carboxylic acids is 2. The number of hydrogen-bond donors (Lipinski definition) is 2. The lowest BCUT2D eigenvalue weighted by atomic mass is 9.88. The molecule has 1 saturated carbocycles. The van der Waals surface area contributed by atoms with Crippen molar-refractivity contribution in [1.82, 2.24) is 5.43 Å². The Morgan fingerprint density at radius 1 is 1.03 bits per heavy atom. The fourth-order valence-corrected chi connectivity index (χ4v) is 3.34. The van der Waals surface area contributed by atoms with Gasteiger partial charge in [0.15, 0.2) is 6.61 Å². The summed E-state index contributed by atoms with van der Waals surface area (Å²) in [5, 5.41) is 7.15. The van der Waals surface area contributed by atoms with E-state index < -0.39 is 0 Å². The van der Waals surface area contributed by atoms with Gasteiger partial charge in [0, 0.05) is 11.6 Å². The minimum Gasteiger partial charge on any atom is -0.484 e. The molecule has 2 aromatic rings. The summed E-state index contributed by atoms with van der Waals surface area (Å²) in [4.78, 5) is 24.4. The first-order valence-electron chi connectivity index (χ1n) is 10.0. The van der Waals surface area contributed by atoms with Gasteiger partial charge in [0.1, 0.15) is 5.75 Å². The highest BCUT2D eigenvalue weighted by Crippen LogP contribution is 2.25. The summed E-state index contributed by atoms with van der Waals surface area (Å²) in [5.74, 6) is 0.480. The van der Waals surface area contributed by atoms with E-state index in [1.54, 1.807) is 19.1 Å². The SMILES string of the molecule is CC(=NNC(=O)COc1ccccc1)c1cccc(NC(=O)C2CCCCC2)c1. The van der Waals surface area contributed by atoms with E-state index in [0.717, 1.165) is 36.9 Å². The Hall–Kier alpha value is -3.15. The Kier molecular flexibility index (Phi) is 7.39. The van der Waals surface area contributed by atoms with Crippen LogP contribution in [0.15, 0.2) is 59.7 Å². The highest BCUT2D eigenvalue weighted by atomic mass is 16.5. The van der Waals surface area contributed by atoms with Crippen LogP contribution in [0.3, 0.4) is 0 Å². The minimum atomic E-state index is -0.338. The van der Waals surface area contributed by atoms with E-state index in [1.165, 1.54) is 6.42 Å². The van der Waals surface area contributed by atoms with E-state index in [4.69, 9.17) is 4.74 Å². The molecule has 0 spiro atoms. The van der Waals surface area contributed by atoms with Gasteiger partial charge in [-0.25, -0.2) is 5.43 Å². The first kappa shape index (κ1) is 20.6. The largest absolute Gasteiger partial charge is 0.484 e. The predicted octanol–water partition coefficient (Wildman–Crippen LogP) is 4.12. The maximum atomic E-state index is 12.4. The number of hydrazone groups is 1. The smallest absolute Gasteiger partial charge is 0.277 e. The molecule has 2 N–H and O–H groups in total. The molecule has 3 rings (SSSR count). The Morgan fingerprint density at radius 3 is 2.55 bits per heavy atom. The van der Waals surface area contributed by atoms with Crippen molar-refractivity contribution in [1.29, 1.82) is 0 Å². The molecule has 0 unspecified atom stereocenters. The van der Waals surface area contributed by atoms with Crippen LogP contribution in [0.4, 0.5) is 5.69 Å². The molecule has 0 aromatic heterocycles. The molecular formula is C23H27N3O3. The Bertz CT molecular complexity index is 859. The molecule has 6 heteroatoms. The van der Waals surface area contributed by atoms with Crippen molar-refractivity contribution >= 4 is 23.2 Å². The first-order chi connectivity index (χ1) is 14.1. The van der Waals surface area contributed by atoms with Gasteiger partial charge in [-0.1, -0.05) is 49.6 Å². The third-order valence-electron chi connectivity index (χ3n) is 4.99. The first-order valence-corrected chi connectivity index (χ1v) is 10.0. The number of para-hydroxylation sites is 1. The number of ether oxygens (including phenoxy) is 1. The topological polar surface area (TPSA) is 79.8 Å². The van der Waals surface area contributed by atoms with Crippen molar-refractivity contribution in [3.8, 4) is 5.75 Å². The molecule has 0 radical (unpaired) electrons. The average molecular weight is 393 g/mol. The predicted molar refractivity (Wildman–Crippen MR) is 114 cm³/mol. The molecular weight excluding hydrogens is 366 g/mol. The van der Waals surface area contributed by atoms with Crippen LogP contribution in [0.5, 0.6) is 5.75 Å². The summed E-state index contributed by atoms with van der Waals surface area (Å²) in [6, 6.07) is 16.6. The van der Waals surface area contributed by atoms with Gasteiger partial charge in [0.25, 0.3) is 5.91 Å². The van der Waals surface area contributed by atoms with E-state index >= 15 is 0 Å². The van der Waals surface area contributed by atoms with Crippen molar-refractivity contribution in [2.75, 3.05) is 11.9 Å². The molecule has 152 valence electrons. The molecule has 1 aliphatic carbocycles. The average Bonchev–Trinajstić information content (AvgIpc) is 2.77. The zero-order chi connectivity index (χ0) is 20.5. The Balaban J connectivity index is 1.53. The van der Waals surface area contributed by atoms with Gasteiger partial charge < -0.3 is 10.1 Å². The van der Waals surface area contributed by atoms with Crippen LogP contribution in [-0.2, 0) is 9.59 Å². The maximum absolute atomic E-state index is 12.4. The second-order valence-corrected chi connectivity index (χ2v) is 7.24. The monoisotopic (exact) mass is 393 g/mol. The number of nitrogens with zero attached hydrogens (tertiary/aromatic N) is 1. The van der Waals surface area contributed by atoms with Crippen LogP contribution < -0.4 is 15.5 Å². The normalized spacial score (nSPS) is 14.9. The summed E-state index contributed by atoms with van der Waals surface area (Å²) in [7, 11) is 0. The van der Waals surface area contributed by atoms with Gasteiger partial charge in [0.05, 0.1) is 5.71 Å². The molecule has 0 bridgehead atoms. The lowest BCUT2D eigenvalue weighted by Crippen LogP contribution is -2.26. The summed E-state index contributed by atoms with van der Waals surface area (Å²) in [5.41, 5.74) is 4.72. The molecule has 6 nitrogen and oxygen atoms in total. The van der Waals surface area contributed by atoms with Crippen molar-refractivity contribution in [3.63, 3.8) is 0 Å². The van der Waals surface area contributed by atoms with Gasteiger partial charge >= 0.3 is 0 Å². The molecule has 1 aliphatic rings. The Labute approximate surface area is 171 Å². The van der Waals surface area contributed by atoms with Crippen LogP contribution >= 0.6 is 0 Å². The number of amides is 2. The molecule has 0 atom stereocenters. The zero-order valence-corrected chi connectivity index (χ0v) is 16.7. The van der Waals surface area contributed by atoms with Crippen LogP contribution in [0.1, 0.15) is 44.6 Å². The molecule has 1 fully saturated rings. The van der Waals surface area contributed by atoms with Gasteiger partial charge in [-0.05, 0) is 49.6 Å². The standard InChI is InChI=1S/C23H27N3O3/c1-17(25-26-22(27)16-29-21-13-6-3-7-14-21)19-11-8-12-20(15-19)24-23(28)18-9-4-2-5-10-18/h3,6-8,11-15,18H,2,4-5,9-10,16H2,1H3,(H,24,28)(H,26,27). The summed E-state index contributed by atoms with van der Waals surface area (Å²) in [6.45, 7) is 1.69. The number of hydrogen-bond acceptors (Lipinski definition) is 4. The highest BCUT2D eigenvalue weighted by molar-refractivity contribution is 6.01. The molecule has 2 aromatic carbocycles. The molecule has 0 saturated heterocycles. The van der Waals surface area contributed by atoms with E-state index in [-0.39, 0.29) is 24.3 Å². The maximum Gasteiger partial charge on any atom is 0.277 e. The lowest BCUT2D eigenvalue weighted by Gasteiger charge is -2.20. The van der Waals surface area contributed by atoms with Crippen LogP contribution in [-0.4, -0.2) is 24.1 Å². The van der Waals surface area contributed by atoms with Crippen LogP contribution in [0.25, 0.3) is 0 Å². The second kappa shape index (κ2) is 10.4.